The van der Waals surface area contributed by atoms with E-state index < -0.39 is 0 Å². The summed E-state index contributed by atoms with van der Waals surface area (Å²) in [5.41, 5.74) is 3.75. The largest absolute Gasteiger partial charge is 0.496 e. The van der Waals surface area contributed by atoms with Crippen molar-refractivity contribution in [3.8, 4) is 5.75 Å². The van der Waals surface area contributed by atoms with Crippen LogP contribution in [0, 0.1) is 6.92 Å². The van der Waals surface area contributed by atoms with Gasteiger partial charge in [-0.15, -0.1) is 0 Å². The monoisotopic (exact) mass is 285 g/mol. The van der Waals surface area contributed by atoms with Crippen molar-refractivity contribution in [2.24, 2.45) is 7.05 Å². The van der Waals surface area contributed by atoms with Gasteiger partial charge in [-0.1, -0.05) is 18.2 Å². The Balaban J connectivity index is 1.53. The maximum atomic E-state index is 5.45. The van der Waals surface area contributed by atoms with Gasteiger partial charge in [-0.25, -0.2) is 0 Å². The second-order valence-electron chi connectivity index (χ2n) is 5.90. The van der Waals surface area contributed by atoms with Crippen LogP contribution in [0.15, 0.2) is 30.5 Å². The summed E-state index contributed by atoms with van der Waals surface area (Å²) in [5, 5.41) is 8.01. The number of benzene rings is 1. The molecule has 0 atom stereocenters. The first kappa shape index (κ1) is 14.1. The van der Waals surface area contributed by atoms with Crippen molar-refractivity contribution in [3.05, 3.63) is 47.3 Å². The SMILES string of the molecule is COc1ccccc1C1CC(NCc2cn(C)nc2C)C1. The fourth-order valence-corrected chi connectivity index (χ4v) is 3.12. The van der Waals surface area contributed by atoms with E-state index in [1.54, 1.807) is 7.11 Å². The van der Waals surface area contributed by atoms with E-state index in [9.17, 15) is 0 Å². The number of aryl methyl sites for hydroxylation is 2. The predicted molar refractivity (Wildman–Crippen MR) is 83.5 cm³/mol. The highest BCUT2D eigenvalue weighted by molar-refractivity contribution is 5.37. The predicted octanol–water partition coefficient (Wildman–Crippen LogP) is 2.77. The van der Waals surface area contributed by atoms with Crippen molar-refractivity contribution in [2.45, 2.75) is 38.3 Å². The highest BCUT2D eigenvalue weighted by atomic mass is 16.5. The molecule has 1 aromatic carbocycles. The summed E-state index contributed by atoms with van der Waals surface area (Å²) in [4.78, 5) is 0. The van der Waals surface area contributed by atoms with Gasteiger partial charge in [-0.2, -0.15) is 5.10 Å². The molecule has 4 heteroatoms. The van der Waals surface area contributed by atoms with Crippen LogP contribution in [0.1, 0.15) is 35.6 Å². The Hall–Kier alpha value is -1.81. The molecule has 0 unspecified atom stereocenters. The molecule has 0 saturated heterocycles. The van der Waals surface area contributed by atoms with Crippen LogP contribution in [-0.4, -0.2) is 22.9 Å². The van der Waals surface area contributed by atoms with E-state index in [2.05, 4.69) is 41.7 Å². The molecule has 2 aromatic rings. The molecule has 1 aliphatic carbocycles. The molecule has 1 aliphatic rings. The number of para-hydroxylation sites is 1. The van der Waals surface area contributed by atoms with Crippen molar-refractivity contribution in [3.63, 3.8) is 0 Å². The van der Waals surface area contributed by atoms with Crippen LogP contribution in [0.25, 0.3) is 0 Å². The smallest absolute Gasteiger partial charge is 0.122 e. The van der Waals surface area contributed by atoms with Crippen LogP contribution in [0.3, 0.4) is 0 Å². The van der Waals surface area contributed by atoms with Crippen molar-refractivity contribution >= 4 is 0 Å². The summed E-state index contributed by atoms with van der Waals surface area (Å²) in [7, 11) is 3.72. The van der Waals surface area contributed by atoms with Crippen LogP contribution in [0.2, 0.25) is 0 Å². The molecule has 1 fully saturated rings. The molecule has 4 nitrogen and oxygen atoms in total. The lowest BCUT2D eigenvalue weighted by Gasteiger charge is -2.37. The third kappa shape index (κ3) is 2.95. The molecule has 0 radical (unpaired) electrons. The van der Waals surface area contributed by atoms with Crippen molar-refractivity contribution in [2.75, 3.05) is 7.11 Å². The molecule has 0 spiro atoms. The van der Waals surface area contributed by atoms with E-state index in [1.165, 1.54) is 24.0 Å². The molecule has 1 N–H and O–H groups in total. The minimum atomic E-state index is 0.597. The van der Waals surface area contributed by atoms with Gasteiger partial charge in [0.2, 0.25) is 0 Å². The van der Waals surface area contributed by atoms with Crippen LogP contribution in [0.4, 0.5) is 0 Å². The van der Waals surface area contributed by atoms with Crippen molar-refractivity contribution in [1.82, 2.24) is 15.1 Å². The molecule has 112 valence electrons. The minimum absolute atomic E-state index is 0.597. The number of rotatable bonds is 5. The first-order valence-corrected chi connectivity index (χ1v) is 7.52. The summed E-state index contributed by atoms with van der Waals surface area (Å²) in [5.74, 6) is 1.64. The summed E-state index contributed by atoms with van der Waals surface area (Å²) in [6, 6.07) is 8.96. The zero-order valence-electron chi connectivity index (χ0n) is 13.0. The molecule has 21 heavy (non-hydrogen) atoms. The molecule has 1 aromatic heterocycles. The highest BCUT2D eigenvalue weighted by Crippen LogP contribution is 2.40. The zero-order chi connectivity index (χ0) is 14.8. The van der Waals surface area contributed by atoms with E-state index >= 15 is 0 Å². The van der Waals surface area contributed by atoms with Gasteiger partial charge in [0, 0.05) is 31.4 Å². The number of ether oxygens (including phenoxy) is 1. The third-order valence-corrected chi connectivity index (χ3v) is 4.41. The van der Waals surface area contributed by atoms with Crippen LogP contribution in [0.5, 0.6) is 5.75 Å². The highest BCUT2D eigenvalue weighted by Gasteiger charge is 2.31. The Bertz CT molecular complexity index is 614. The van der Waals surface area contributed by atoms with E-state index in [1.807, 2.05) is 17.8 Å². The molecule has 0 amide bonds. The lowest BCUT2D eigenvalue weighted by Crippen LogP contribution is -2.39. The van der Waals surface area contributed by atoms with Crippen molar-refractivity contribution in [1.29, 1.82) is 0 Å². The molecule has 1 saturated carbocycles. The average molecular weight is 285 g/mol. The maximum absolute atomic E-state index is 5.45. The van der Waals surface area contributed by atoms with Gasteiger partial charge in [0.15, 0.2) is 0 Å². The van der Waals surface area contributed by atoms with Crippen LogP contribution < -0.4 is 10.1 Å². The number of aromatic nitrogens is 2. The van der Waals surface area contributed by atoms with Crippen LogP contribution in [-0.2, 0) is 13.6 Å². The van der Waals surface area contributed by atoms with Gasteiger partial charge < -0.3 is 10.1 Å². The Labute approximate surface area is 126 Å². The lowest BCUT2D eigenvalue weighted by atomic mass is 9.75. The first-order chi connectivity index (χ1) is 10.2. The molecule has 0 aliphatic heterocycles. The minimum Gasteiger partial charge on any atom is -0.496 e. The Morgan fingerprint density at radius 2 is 2.10 bits per heavy atom. The van der Waals surface area contributed by atoms with Crippen LogP contribution >= 0.6 is 0 Å². The average Bonchev–Trinajstić information content (AvgIpc) is 2.76. The van der Waals surface area contributed by atoms with Gasteiger partial charge in [0.05, 0.1) is 12.8 Å². The Morgan fingerprint density at radius 1 is 1.33 bits per heavy atom. The fraction of sp³-hybridized carbons (Fsp3) is 0.471. The molecular weight excluding hydrogens is 262 g/mol. The second-order valence-corrected chi connectivity index (χ2v) is 5.90. The van der Waals surface area contributed by atoms with Gasteiger partial charge >= 0.3 is 0 Å². The van der Waals surface area contributed by atoms with Gasteiger partial charge in [0.1, 0.15) is 5.75 Å². The number of hydrogen-bond donors (Lipinski definition) is 1. The van der Waals surface area contributed by atoms with Crippen molar-refractivity contribution < 1.29 is 4.74 Å². The summed E-state index contributed by atoms with van der Waals surface area (Å²) >= 11 is 0. The lowest BCUT2D eigenvalue weighted by molar-refractivity contribution is 0.282. The first-order valence-electron chi connectivity index (χ1n) is 7.52. The fourth-order valence-electron chi connectivity index (χ4n) is 3.12. The second kappa shape index (κ2) is 5.90. The number of nitrogens with one attached hydrogen (secondary N) is 1. The van der Waals surface area contributed by atoms with Gasteiger partial charge in [-0.05, 0) is 37.3 Å². The van der Waals surface area contributed by atoms with Gasteiger partial charge in [0.25, 0.3) is 0 Å². The summed E-state index contributed by atoms with van der Waals surface area (Å²) < 4.78 is 7.33. The number of nitrogens with zero attached hydrogens (tertiary/aromatic N) is 2. The summed E-state index contributed by atoms with van der Waals surface area (Å²) in [6.45, 7) is 2.97. The molecule has 3 rings (SSSR count). The number of methoxy groups -OCH3 is 1. The number of hydrogen-bond acceptors (Lipinski definition) is 3. The molecule has 1 heterocycles. The van der Waals surface area contributed by atoms with E-state index in [4.69, 9.17) is 4.74 Å². The Morgan fingerprint density at radius 3 is 2.76 bits per heavy atom. The zero-order valence-corrected chi connectivity index (χ0v) is 13.0. The normalized spacial score (nSPS) is 21.1. The van der Waals surface area contributed by atoms with E-state index in [0.717, 1.165) is 18.0 Å². The maximum Gasteiger partial charge on any atom is 0.122 e. The standard InChI is InChI=1S/C17H23N3O/c1-12-14(11-20(2)19-12)10-18-15-8-13(9-15)16-6-4-5-7-17(16)21-3/h4-7,11,13,15,18H,8-10H2,1-3H3. The quantitative estimate of drug-likeness (QED) is 0.918. The Kier molecular flexibility index (Phi) is 3.97. The van der Waals surface area contributed by atoms with E-state index in [0.29, 0.717) is 12.0 Å². The van der Waals surface area contributed by atoms with E-state index in [-0.39, 0.29) is 0 Å². The third-order valence-electron chi connectivity index (χ3n) is 4.41. The summed E-state index contributed by atoms with van der Waals surface area (Å²) in [6.07, 6.45) is 4.46. The molecular formula is C17H23N3O. The topological polar surface area (TPSA) is 39.1 Å². The molecule has 0 bridgehead atoms. The van der Waals surface area contributed by atoms with Gasteiger partial charge in [-0.3, -0.25) is 4.68 Å².